The van der Waals surface area contributed by atoms with Gasteiger partial charge in [0.25, 0.3) is 0 Å². The Morgan fingerprint density at radius 3 is 2.00 bits per heavy atom. The summed E-state index contributed by atoms with van der Waals surface area (Å²) in [6, 6.07) is 4.78. The maximum atomic E-state index is 5.92. The number of fused-ring (bicyclic) bond motifs is 2. The summed E-state index contributed by atoms with van der Waals surface area (Å²) in [5, 5.41) is 0. The van der Waals surface area contributed by atoms with Crippen molar-refractivity contribution in [2.45, 2.75) is 58.3 Å². The molecule has 0 N–H and O–H groups in total. The molecule has 0 aliphatic heterocycles. The highest BCUT2D eigenvalue weighted by molar-refractivity contribution is 5.68. The summed E-state index contributed by atoms with van der Waals surface area (Å²) < 4.78 is 17.4. The Kier molecular flexibility index (Phi) is 4.17. The first-order valence-corrected chi connectivity index (χ1v) is 10.9. The Bertz CT molecular complexity index is 1010. The minimum atomic E-state index is 0.0962. The van der Waals surface area contributed by atoms with E-state index in [2.05, 4.69) is 32.9 Å². The van der Waals surface area contributed by atoms with Gasteiger partial charge >= 0.3 is 0 Å². The molecule has 3 nitrogen and oxygen atoms in total. The van der Waals surface area contributed by atoms with Crippen LogP contribution >= 0.6 is 0 Å². The fourth-order valence-corrected chi connectivity index (χ4v) is 7.00. The summed E-state index contributed by atoms with van der Waals surface area (Å²) in [6.07, 6.45) is 6.19. The SMILES string of the molecule is COc1cc2c(c(OC)c1OC)C[C@@H]1CCC[C@H]3Cc4c(cc(C)c(C)c4C)[C@]231. The lowest BCUT2D eigenvalue weighted by molar-refractivity contribution is 0.176. The highest BCUT2D eigenvalue weighted by Crippen LogP contribution is 2.66. The Labute approximate surface area is 174 Å². The lowest BCUT2D eigenvalue weighted by Gasteiger charge is -2.44. The summed E-state index contributed by atoms with van der Waals surface area (Å²) in [5.74, 6) is 3.69. The summed E-state index contributed by atoms with van der Waals surface area (Å²) in [6.45, 7) is 6.88. The molecule has 1 spiro atoms. The molecule has 154 valence electrons. The molecule has 2 aromatic rings. The van der Waals surface area contributed by atoms with E-state index in [1.807, 2.05) is 0 Å². The molecule has 3 atom stereocenters. The molecular formula is C26H32O3. The Morgan fingerprint density at radius 1 is 0.759 bits per heavy atom. The van der Waals surface area contributed by atoms with E-state index in [0.29, 0.717) is 11.8 Å². The molecule has 0 radical (unpaired) electrons. The van der Waals surface area contributed by atoms with Crippen LogP contribution in [0.25, 0.3) is 0 Å². The zero-order valence-electron chi connectivity index (χ0n) is 18.6. The van der Waals surface area contributed by atoms with Crippen molar-refractivity contribution in [3.05, 3.63) is 51.1 Å². The second kappa shape index (κ2) is 6.42. The molecule has 3 heteroatoms. The van der Waals surface area contributed by atoms with E-state index in [1.165, 1.54) is 53.5 Å². The van der Waals surface area contributed by atoms with Crippen molar-refractivity contribution < 1.29 is 14.2 Å². The van der Waals surface area contributed by atoms with Crippen LogP contribution in [-0.2, 0) is 18.3 Å². The van der Waals surface area contributed by atoms with Crippen LogP contribution in [0, 0.1) is 32.6 Å². The Hall–Kier alpha value is -2.16. The van der Waals surface area contributed by atoms with Crippen molar-refractivity contribution in [1.29, 1.82) is 0 Å². The van der Waals surface area contributed by atoms with Gasteiger partial charge in [0.15, 0.2) is 11.5 Å². The molecule has 3 aliphatic carbocycles. The average Bonchev–Trinajstić information content (AvgIpc) is 3.25. The molecule has 3 aliphatic rings. The second-order valence-electron chi connectivity index (χ2n) is 9.24. The van der Waals surface area contributed by atoms with Crippen LogP contribution in [0.5, 0.6) is 17.2 Å². The van der Waals surface area contributed by atoms with E-state index < -0.39 is 0 Å². The van der Waals surface area contributed by atoms with Gasteiger partial charge in [-0.15, -0.1) is 0 Å². The molecule has 0 unspecified atom stereocenters. The topological polar surface area (TPSA) is 27.7 Å². The molecule has 0 bridgehead atoms. The fraction of sp³-hybridized carbons (Fsp3) is 0.538. The van der Waals surface area contributed by atoms with Gasteiger partial charge in [-0.1, -0.05) is 12.5 Å². The van der Waals surface area contributed by atoms with Crippen molar-refractivity contribution in [2.75, 3.05) is 21.3 Å². The summed E-state index contributed by atoms with van der Waals surface area (Å²) in [7, 11) is 5.19. The first-order valence-electron chi connectivity index (χ1n) is 10.9. The molecule has 0 aromatic heterocycles. The maximum Gasteiger partial charge on any atom is 0.203 e. The minimum absolute atomic E-state index is 0.0962. The molecule has 1 fully saturated rings. The van der Waals surface area contributed by atoms with Crippen LogP contribution in [0.2, 0.25) is 0 Å². The highest BCUT2D eigenvalue weighted by Gasteiger charge is 2.59. The van der Waals surface area contributed by atoms with Gasteiger partial charge in [-0.3, -0.25) is 0 Å². The summed E-state index contributed by atoms with van der Waals surface area (Å²) in [5.41, 5.74) is 10.4. The van der Waals surface area contributed by atoms with E-state index in [4.69, 9.17) is 14.2 Å². The molecule has 1 saturated carbocycles. The van der Waals surface area contributed by atoms with E-state index in [1.54, 1.807) is 32.5 Å². The van der Waals surface area contributed by atoms with E-state index >= 15 is 0 Å². The van der Waals surface area contributed by atoms with Crippen LogP contribution in [0.1, 0.15) is 58.2 Å². The maximum absolute atomic E-state index is 5.92. The third-order valence-corrected chi connectivity index (χ3v) is 8.41. The molecule has 0 amide bonds. The minimum Gasteiger partial charge on any atom is -0.493 e. The predicted molar refractivity (Wildman–Crippen MR) is 116 cm³/mol. The zero-order valence-corrected chi connectivity index (χ0v) is 18.6. The van der Waals surface area contributed by atoms with Crippen molar-refractivity contribution in [3.8, 4) is 17.2 Å². The van der Waals surface area contributed by atoms with Crippen LogP contribution in [0.15, 0.2) is 12.1 Å². The third-order valence-electron chi connectivity index (χ3n) is 8.41. The number of methoxy groups -OCH3 is 3. The normalized spacial score (nSPS) is 26.4. The van der Waals surface area contributed by atoms with E-state index in [-0.39, 0.29) is 5.41 Å². The zero-order chi connectivity index (χ0) is 20.5. The van der Waals surface area contributed by atoms with Crippen molar-refractivity contribution in [3.63, 3.8) is 0 Å². The largest absolute Gasteiger partial charge is 0.493 e. The van der Waals surface area contributed by atoms with Gasteiger partial charge in [-0.25, -0.2) is 0 Å². The number of benzene rings is 2. The summed E-state index contributed by atoms with van der Waals surface area (Å²) in [4.78, 5) is 0. The summed E-state index contributed by atoms with van der Waals surface area (Å²) >= 11 is 0. The van der Waals surface area contributed by atoms with Gasteiger partial charge in [-0.05, 0) is 97.7 Å². The predicted octanol–water partition coefficient (Wildman–Crippen LogP) is 5.45. The lowest BCUT2D eigenvalue weighted by Crippen LogP contribution is -2.41. The van der Waals surface area contributed by atoms with Crippen LogP contribution in [0.3, 0.4) is 0 Å². The molecule has 5 rings (SSSR count). The number of rotatable bonds is 3. The van der Waals surface area contributed by atoms with Gasteiger partial charge in [0.1, 0.15) is 0 Å². The fourth-order valence-electron chi connectivity index (χ4n) is 7.00. The standard InChI is InChI=1S/C26H32O3/c1-14-10-21-19(16(3)15(14)2)11-17-8-7-9-18-12-20-22(26(17,18)21)13-23(27-4)25(29-6)24(20)28-5/h10,13,17-18H,7-9,11-12H2,1-6H3/t17-,18-,26-/m0/s1. The Balaban J connectivity index is 1.86. The van der Waals surface area contributed by atoms with Gasteiger partial charge in [-0.2, -0.15) is 0 Å². The van der Waals surface area contributed by atoms with Crippen LogP contribution < -0.4 is 14.2 Å². The molecule has 0 saturated heterocycles. The van der Waals surface area contributed by atoms with E-state index in [0.717, 1.165) is 23.7 Å². The molecule has 29 heavy (non-hydrogen) atoms. The Morgan fingerprint density at radius 2 is 1.38 bits per heavy atom. The highest BCUT2D eigenvalue weighted by atomic mass is 16.5. The number of hydrogen-bond acceptors (Lipinski definition) is 3. The monoisotopic (exact) mass is 392 g/mol. The second-order valence-corrected chi connectivity index (χ2v) is 9.24. The number of ether oxygens (including phenoxy) is 3. The van der Waals surface area contributed by atoms with Crippen LogP contribution in [0.4, 0.5) is 0 Å². The van der Waals surface area contributed by atoms with E-state index in [9.17, 15) is 0 Å². The van der Waals surface area contributed by atoms with Gasteiger partial charge in [0.05, 0.1) is 21.3 Å². The van der Waals surface area contributed by atoms with Crippen molar-refractivity contribution in [1.82, 2.24) is 0 Å². The lowest BCUT2D eigenvalue weighted by atomic mass is 9.59. The number of aryl methyl sites for hydroxylation is 1. The van der Waals surface area contributed by atoms with Crippen molar-refractivity contribution in [2.24, 2.45) is 11.8 Å². The molecular weight excluding hydrogens is 360 g/mol. The first kappa shape index (κ1) is 18.8. The van der Waals surface area contributed by atoms with Gasteiger partial charge < -0.3 is 14.2 Å². The molecule has 2 aromatic carbocycles. The molecule has 0 heterocycles. The average molecular weight is 393 g/mol. The third kappa shape index (κ3) is 2.19. The van der Waals surface area contributed by atoms with Gasteiger partial charge in [0.2, 0.25) is 5.75 Å². The smallest absolute Gasteiger partial charge is 0.203 e. The van der Waals surface area contributed by atoms with Gasteiger partial charge in [0, 0.05) is 11.0 Å². The quantitative estimate of drug-likeness (QED) is 0.695. The van der Waals surface area contributed by atoms with Crippen LogP contribution in [-0.4, -0.2) is 21.3 Å². The first-order chi connectivity index (χ1) is 14.0. The number of hydrogen-bond donors (Lipinski definition) is 0. The van der Waals surface area contributed by atoms with Crippen molar-refractivity contribution >= 4 is 0 Å².